The van der Waals surface area contributed by atoms with Crippen molar-refractivity contribution in [2.45, 2.75) is 13.8 Å². The summed E-state index contributed by atoms with van der Waals surface area (Å²) in [6, 6.07) is 1.97. The van der Waals surface area contributed by atoms with Gasteiger partial charge in [-0.15, -0.1) is 0 Å². The van der Waals surface area contributed by atoms with E-state index in [1.165, 1.54) is 0 Å². The summed E-state index contributed by atoms with van der Waals surface area (Å²) in [5.74, 6) is 1.67. The van der Waals surface area contributed by atoms with Crippen molar-refractivity contribution in [3.8, 4) is 17.0 Å². The van der Waals surface area contributed by atoms with E-state index in [0.29, 0.717) is 0 Å². The van der Waals surface area contributed by atoms with Crippen LogP contribution in [-0.4, -0.2) is 88.6 Å². The zero-order valence-corrected chi connectivity index (χ0v) is 18.2. The zero-order valence-electron chi connectivity index (χ0n) is 18.2. The third kappa shape index (κ3) is 4.24. The van der Waals surface area contributed by atoms with Gasteiger partial charge in [-0.1, -0.05) is 13.8 Å². The molecule has 0 unspecified atom stereocenters. The van der Waals surface area contributed by atoms with Gasteiger partial charge in [0, 0.05) is 63.4 Å². The summed E-state index contributed by atoms with van der Waals surface area (Å²) < 4.78 is 7.41. The Balaban J connectivity index is 1.49. The predicted octanol–water partition coefficient (Wildman–Crippen LogP) is 2.26. The molecule has 0 atom stereocenters. The van der Waals surface area contributed by atoms with E-state index >= 15 is 0 Å². The van der Waals surface area contributed by atoms with Crippen molar-refractivity contribution in [3.63, 3.8) is 0 Å². The first kappa shape index (κ1) is 20.6. The smallest absolute Gasteiger partial charge is 0.180 e. The molecule has 0 amide bonds. The van der Waals surface area contributed by atoms with Crippen LogP contribution in [0.2, 0.25) is 0 Å². The molecular weight excluding hydrogens is 378 g/mol. The summed E-state index contributed by atoms with van der Waals surface area (Å²) in [4.78, 5) is 21.1. The van der Waals surface area contributed by atoms with Crippen LogP contribution in [0.1, 0.15) is 13.8 Å². The molecule has 3 aromatic rings. The molecule has 8 nitrogen and oxygen atoms in total. The van der Waals surface area contributed by atoms with Gasteiger partial charge < -0.3 is 14.5 Å². The Bertz CT molecular complexity index is 961. The van der Waals surface area contributed by atoms with Gasteiger partial charge in [-0.25, -0.2) is 9.97 Å². The number of rotatable bonds is 8. The number of pyridine rings is 1. The number of ether oxygens (including phenoxy) is 1. The molecule has 0 spiro atoms. The molecule has 160 valence electrons. The lowest BCUT2D eigenvalue weighted by Gasteiger charge is -2.36. The fourth-order valence-electron chi connectivity index (χ4n) is 4.02. The fourth-order valence-corrected chi connectivity index (χ4v) is 4.02. The van der Waals surface area contributed by atoms with Crippen molar-refractivity contribution in [1.29, 1.82) is 0 Å². The highest BCUT2D eigenvalue weighted by Crippen LogP contribution is 2.27. The van der Waals surface area contributed by atoms with E-state index in [9.17, 15) is 0 Å². The minimum Gasteiger partial charge on any atom is -0.495 e. The summed E-state index contributed by atoms with van der Waals surface area (Å²) in [6.07, 6.45) is 9.25. The van der Waals surface area contributed by atoms with Gasteiger partial charge >= 0.3 is 0 Å². The van der Waals surface area contributed by atoms with Crippen molar-refractivity contribution >= 4 is 11.5 Å². The number of likely N-dealkylation sites (N-methyl/N-ethyl adjacent to an activating group) is 1. The van der Waals surface area contributed by atoms with Crippen molar-refractivity contribution < 1.29 is 4.74 Å². The van der Waals surface area contributed by atoms with E-state index in [1.54, 1.807) is 13.3 Å². The number of hydrogen-bond acceptors (Lipinski definition) is 7. The van der Waals surface area contributed by atoms with Gasteiger partial charge in [-0.3, -0.25) is 14.3 Å². The molecule has 0 aromatic carbocycles. The van der Waals surface area contributed by atoms with Gasteiger partial charge in [0.1, 0.15) is 5.75 Å². The standard InChI is InChI=1S/C22H31N7O/c1-4-26(5-2)8-9-27-10-12-28(13-11-27)21-22-24-6-7-29(22)20(17-25-21)18-14-19(30-3)16-23-15-18/h6-7,14-17H,4-5,8-13H2,1-3H3. The Hall–Kier alpha value is -2.71. The lowest BCUT2D eigenvalue weighted by atomic mass is 10.2. The molecule has 8 heteroatoms. The molecule has 4 rings (SSSR count). The third-order valence-electron chi connectivity index (χ3n) is 5.95. The van der Waals surface area contributed by atoms with Crippen molar-refractivity contribution in [2.75, 3.05) is 64.4 Å². The number of anilines is 1. The van der Waals surface area contributed by atoms with Crippen LogP contribution < -0.4 is 9.64 Å². The van der Waals surface area contributed by atoms with Gasteiger partial charge in [-0.05, 0) is 19.2 Å². The highest BCUT2D eigenvalue weighted by molar-refractivity contribution is 5.71. The fraction of sp³-hybridized carbons (Fsp3) is 0.500. The molecule has 0 radical (unpaired) electrons. The van der Waals surface area contributed by atoms with E-state index in [1.807, 2.05) is 30.9 Å². The van der Waals surface area contributed by atoms with E-state index in [2.05, 4.69) is 42.9 Å². The molecule has 4 heterocycles. The number of aromatic nitrogens is 4. The van der Waals surface area contributed by atoms with Gasteiger partial charge in [-0.2, -0.15) is 0 Å². The highest BCUT2D eigenvalue weighted by atomic mass is 16.5. The first-order valence-electron chi connectivity index (χ1n) is 10.7. The maximum absolute atomic E-state index is 5.32. The average Bonchev–Trinajstić information content (AvgIpc) is 3.30. The average molecular weight is 410 g/mol. The summed E-state index contributed by atoms with van der Waals surface area (Å²) in [6.45, 7) is 13.0. The van der Waals surface area contributed by atoms with Gasteiger partial charge in [0.15, 0.2) is 11.5 Å². The summed E-state index contributed by atoms with van der Waals surface area (Å²) in [5.41, 5.74) is 2.79. The molecule has 1 saturated heterocycles. The number of piperazine rings is 1. The Morgan fingerprint density at radius 1 is 1.03 bits per heavy atom. The second-order valence-corrected chi connectivity index (χ2v) is 7.56. The van der Waals surface area contributed by atoms with Gasteiger partial charge in [0.2, 0.25) is 0 Å². The Kier molecular flexibility index (Phi) is 6.44. The summed E-state index contributed by atoms with van der Waals surface area (Å²) in [5, 5.41) is 0. The van der Waals surface area contributed by atoms with Crippen LogP contribution in [0.25, 0.3) is 16.9 Å². The maximum atomic E-state index is 5.32. The molecule has 0 bridgehead atoms. The lowest BCUT2D eigenvalue weighted by Crippen LogP contribution is -2.48. The number of imidazole rings is 1. The first-order chi connectivity index (χ1) is 14.7. The molecule has 0 N–H and O–H groups in total. The molecule has 0 aliphatic carbocycles. The SMILES string of the molecule is CCN(CC)CCN1CCN(c2ncc(-c3cncc(OC)c3)n3ccnc23)CC1. The van der Waals surface area contributed by atoms with Crippen LogP contribution in [0.5, 0.6) is 5.75 Å². The largest absolute Gasteiger partial charge is 0.495 e. The molecule has 1 aliphatic heterocycles. The third-order valence-corrected chi connectivity index (χ3v) is 5.95. The molecule has 0 saturated carbocycles. The normalized spacial score (nSPS) is 15.3. The summed E-state index contributed by atoms with van der Waals surface area (Å²) in [7, 11) is 1.65. The zero-order chi connectivity index (χ0) is 20.9. The molecular formula is C22H31N7O. The molecule has 1 aliphatic rings. The Morgan fingerprint density at radius 3 is 2.57 bits per heavy atom. The summed E-state index contributed by atoms with van der Waals surface area (Å²) >= 11 is 0. The van der Waals surface area contributed by atoms with Crippen LogP contribution in [0.4, 0.5) is 5.82 Å². The molecule has 1 fully saturated rings. The number of hydrogen-bond donors (Lipinski definition) is 0. The Morgan fingerprint density at radius 2 is 1.83 bits per heavy atom. The second-order valence-electron chi connectivity index (χ2n) is 7.56. The van der Waals surface area contributed by atoms with Gasteiger partial charge in [0.25, 0.3) is 0 Å². The minimum atomic E-state index is 0.727. The monoisotopic (exact) mass is 409 g/mol. The van der Waals surface area contributed by atoms with Gasteiger partial charge in [0.05, 0.1) is 25.2 Å². The maximum Gasteiger partial charge on any atom is 0.180 e. The number of methoxy groups -OCH3 is 1. The van der Waals surface area contributed by atoms with E-state index in [-0.39, 0.29) is 0 Å². The lowest BCUT2D eigenvalue weighted by molar-refractivity contribution is 0.206. The second kappa shape index (κ2) is 9.40. The topological polar surface area (TPSA) is 62.0 Å². The number of nitrogens with zero attached hydrogens (tertiary/aromatic N) is 7. The molecule has 30 heavy (non-hydrogen) atoms. The minimum absolute atomic E-state index is 0.727. The van der Waals surface area contributed by atoms with E-state index in [0.717, 1.165) is 80.8 Å². The first-order valence-corrected chi connectivity index (χ1v) is 10.7. The van der Waals surface area contributed by atoms with Crippen molar-refractivity contribution in [2.24, 2.45) is 0 Å². The van der Waals surface area contributed by atoms with Crippen LogP contribution >= 0.6 is 0 Å². The van der Waals surface area contributed by atoms with Crippen LogP contribution in [-0.2, 0) is 0 Å². The predicted molar refractivity (Wildman–Crippen MR) is 119 cm³/mol. The van der Waals surface area contributed by atoms with Crippen LogP contribution in [0, 0.1) is 0 Å². The molecule has 3 aromatic heterocycles. The van der Waals surface area contributed by atoms with E-state index < -0.39 is 0 Å². The van der Waals surface area contributed by atoms with Crippen molar-refractivity contribution in [3.05, 3.63) is 37.1 Å². The quantitative estimate of drug-likeness (QED) is 0.565. The van der Waals surface area contributed by atoms with Crippen molar-refractivity contribution in [1.82, 2.24) is 29.2 Å². The Labute approximate surface area is 178 Å². The number of fused-ring (bicyclic) bond motifs is 1. The van der Waals surface area contributed by atoms with Crippen LogP contribution in [0.15, 0.2) is 37.1 Å². The highest BCUT2D eigenvalue weighted by Gasteiger charge is 2.22. The van der Waals surface area contributed by atoms with Crippen LogP contribution in [0.3, 0.4) is 0 Å². The van der Waals surface area contributed by atoms with E-state index in [4.69, 9.17) is 9.72 Å².